The Kier molecular flexibility index (Phi) is 4.00. The van der Waals surface area contributed by atoms with E-state index in [2.05, 4.69) is 13.8 Å². The van der Waals surface area contributed by atoms with Gasteiger partial charge in [-0.3, -0.25) is 4.79 Å². The van der Waals surface area contributed by atoms with Crippen molar-refractivity contribution in [1.29, 1.82) is 0 Å². The van der Waals surface area contributed by atoms with Crippen molar-refractivity contribution in [2.45, 2.75) is 46.6 Å². The van der Waals surface area contributed by atoms with Gasteiger partial charge in [-0.1, -0.05) is 20.8 Å². The summed E-state index contributed by atoms with van der Waals surface area (Å²) >= 11 is 0. The van der Waals surface area contributed by atoms with Crippen molar-refractivity contribution in [3.05, 3.63) is 0 Å². The van der Waals surface area contributed by atoms with E-state index in [1.165, 1.54) is 0 Å². The van der Waals surface area contributed by atoms with Crippen molar-refractivity contribution >= 4 is 5.91 Å². The van der Waals surface area contributed by atoms with Crippen molar-refractivity contribution < 1.29 is 9.90 Å². The van der Waals surface area contributed by atoms with Gasteiger partial charge in [-0.25, -0.2) is 0 Å². The van der Waals surface area contributed by atoms with Gasteiger partial charge in [0.2, 0.25) is 5.91 Å². The SMILES string of the molecule is CC(C)C(C)C(=O)N1CCC(C(C)(C)O)C1. The fourth-order valence-electron chi connectivity index (χ4n) is 2.11. The summed E-state index contributed by atoms with van der Waals surface area (Å²) in [5.74, 6) is 0.923. The van der Waals surface area contributed by atoms with Crippen LogP contribution in [0.15, 0.2) is 0 Å². The lowest BCUT2D eigenvalue weighted by Gasteiger charge is -2.27. The maximum absolute atomic E-state index is 12.1. The molecule has 2 unspecified atom stereocenters. The molecule has 1 saturated heterocycles. The van der Waals surface area contributed by atoms with Crippen molar-refractivity contribution in [2.75, 3.05) is 13.1 Å². The molecule has 0 aromatic heterocycles. The molecule has 2 atom stereocenters. The Balaban J connectivity index is 2.57. The van der Waals surface area contributed by atoms with Crippen LogP contribution >= 0.6 is 0 Å². The Hall–Kier alpha value is -0.570. The Bertz CT molecular complexity index is 255. The Labute approximate surface area is 98.8 Å². The van der Waals surface area contributed by atoms with Crippen LogP contribution in [0.4, 0.5) is 0 Å². The molecule has 3 heteroatoms. The highest BCUT2D eigenvalue weighted by Crippen LogP contribution is 2.28. The molecule has 0 saturated carbocycles. The standard InChI is InChI=1S/C13H25NO2/c1-9(2)10(3)12(15)14-7-6-11(8-14)13(4,5)16/h9-11,16H,6-8H2,1-5H3. The lowest BCUT2D eigenvalue weighted by atomic mass is 9.90. The fraction of sp³-hybridized carbons (Fsp3) is 0.923. The van der Waals surface area contributed by atoms with E-state index in [-0.39, 0.29) is 17.7 Å². The van der Waals surface area contributed by atoms with E-state index in [1.807, 2.05) is 25.7 Å². The molecule has 1 aliphatic rings. The van der Waals surface area contributed by atoms with Gasteiger partial charge in [0.1, 0.15) is 0 Å². The molecular weight excluding hydrogens is 202 g/mol. The largest absolute Gasteiger partial charge is 0.390 e. The average molecular weight is 227 g/mol. The zero-order valence-corrected chi connectivity index (χ0v) is 11.2. The molecule has 0 spiro atoms. The number of amides is 1. The maximum atomic E-state index is 12.1. The summed E-state index contributed by atoms with van der Waals surface area (Å²) in [6.07, 6.45) is 0.917. The number of carbonyl (C=O) groups is 1. The first-order chi connectivity index (χ1) is 7.23. The van der Waals surface area contributed by atoms with Gasteiger partial charge < -0.3 is 10.0 Å². The first-order valence-electron chi connectivity index (χ1n) is 6.24. The van der Waals surface area contributed by atoms with Crippen LogP contribution < -0.4 is 0 Å². The van der Waals surface area contributed by atoms with Gasteiger partial charge >= 0.3 is 0 Å². The van der Waals surface area contributed by atoms with E-state index >= 15 is 0 Å². The Morgan fingerprint density at radius 1 is 1.38 bits per heavy atom. The minimum atomic E-state index is -0.671. The molecule has 0 aliphatic carbocycles. The molecule has 1 amide bonds. The minimum Gasteiger partial charge on any atom is -0.390 e. The molecule has 1 fully saturated rings. The van der Waals surface area contributed by atoms with E-state index < -0.39 is 5.60 Å². The molecule has 3 nitrogen and oxygen atoms in total. The van der Waals surface area contributed by atoms with Gasteiger partial charge in [0.25, 0.3) is 0 Å². The van der Waals surface area contributed by atoms with E-state index in [1.54, 1.807) is 0 Å². The van der Waals surface area contributed by atoms with Crippen molar-refractivity contribution in [2.24, 2.45) is 17.8 Å². The van der Waals surface area contributed by atoms with Crippen molar-refractivity contribution in [3.8, 4) is 0 Å². The number of carbonyl (C=O) groups excluding carboxylic acids is 1. The summed E-state index contributed by atoms with van der Waals surface area (Å²) in [6.45, 7) is 11.3. The van der Waals surface area contributed by atoms with Crippen LogP contribution in [-0.4, -0.2) is 34.6 Å². The second kappa shape index (κ2) is 4.74. The number of nitrogens with zero attached hydrogens (tertiary/aromatic N) is 1. The van der Waals surface area contributed by atoms with Gasteiger partial charge in [-0.2, -0.15) is 0 Å². The summed E-state index contributed by atoms with van der Waals surface area (Å²) in [5.41, 5.74) is -0.671. The summed E-state index contributed by atoms with van der Waals surface area (Å²) < 4.78 is 0. The summed E-state index contributed by atoms with van der Waals surface area (Å²) in [4.78, 5) is 14.0. The first kappa shape index (κ1) is 13.5. The second-order valence-electron chi connectivity index (χ2n) is 5.96. The van der Waals surface area contributed by atoms with E-state index in [0.717, 1.165) is 13.0 Å². The molecular formula is C13H25NO2. The highest BCUT2D eigenvalue weighted by atomic mass is 16.3. The zero-order valence-electron chi connectivity index (χ0n) is 11.2. The molecule has 0 aromatic carbocycles. The monoisotopic (exact) mass is 227 g/mol. The summed E-state index contributed by atoms with van der Waals surface area (Å²) in [7, 11) is 0. The van der Waals surface area contributed by atoms with Crippen LogP contribution in [0.2, 0.25) is 0 Å². The molecule has 1 aliphatic heterocycles. The van der Waals surface area contributed by atoms with Gasteiger partial charge in [0.05, 0.1) is 5.60 Å². The minimum absolute atomic E-state index is 0.0838. The van der Waals surface area contributed by atoms with Crippen molar-refractivity contribution in [3.63, 3.8) is 0 Å². The molecule has 94 valence electrons. The predicted molar refractivity (Wildman–Crippen MR) is 65.0 cm³/mol. The third-order valence-electron chi connectivity index (χ3n) is 3.89. The molecule has 0 radical (unpaired) electrons. The molecule has 1 rings (SSSR count). The lowest BCUT2D eigenvalue weighted by Crippen LogP contribution is -2.38. The van der Waals surface area contributed by atoms with E-state index in [4.69, 9.17) is 0 Å². The van der Waals surface area contributed by atoms with Crippen LogP contribution in [0.5, 0.6) is 0 Å². The zero-order chi connectivity index (χ0) is 12.5. The van der Waals surface area contributed by atoms with Crippen LogP contribution in [0.1, 0.15) is 41.0 Å². The summed E-state index contributed by atoms with van der Waals surface area (Å²) in [6, 6.07) is 0. The van der Waals surface area contributed by atoms with Crippen molar-refractivity contribution in [1.82, 2.24) is 4.90 Å². The molecule has 0 bridgehead atoms. The smallest absolute Gasteiger partial charge is 0.225 e. The number of rotatable bonds is 3. The van der Waals surface area contributed by atoms with Gasteiger partial charge in [0, 0.05) is 24.9 Å². The van der Waals surface area contributed by atoms with Crippen LogP contribution in [0.3, 0.4) is 0 Å². The van der Waals surface area contributed by atoms with Crippen LogP contribution in [0, 0.1) is 17.8 Å². The Morgan fingerprint density at radius 3 is 2.31 bits per heavy atom. The van der Waals surface area contributed by atoms with Crippen LogP contribution in [-0.2, 0) is 4.79 Å². The lowest BCUT2D eigenvalue weighted by molar-refractivity contribution is -0.135. The normalized spacial score (nSPS) is 23.9. The third kappa shape index (κ3) is 2.97. The van der Waals surface area contributed by atoms with E-state index in [9.17, 15) is 9.90 Å². The van der Waals surface area contributed by atoms with Crippen LogP contribution in [0.25, 0.3) is 0 Å². The maximum Gasteiger partial charge on any atom is 0.225 e. The molecule has 16 heavy (non-hydrogen) atoms. The Morgan fingerprint density at radius 2 is 1.94 bits per heavy atom. The topological polar surface area (TPSA) is 40.5 Å². The number of hydrogen-bond acceptors (Lipinski definition) is 2. The molecule has 1 heterocycles. The summed E-state index contributed by atoms with van der Waals surface area (Å²) in [5, 5.41) is 9.93. The fourth-order valence-corrected chi connectivity index (χ4v) is 2.11. The van der Waals surface area contributed by atoms with E-state index in [0.29, 0.717) is 12.5 Å². The average Bonchev–Trinajstić information content (AvgIpc) is 2.63. The predicted octanol–water partition coefficient (Wildman–Crippen LogP) is 1.90. The number of likely N-dealkylation sites (tertiary alicyclic amines) is 1. The van der Waals surface area contributed by atoms with Gasteiger partial charge in [-0.15, -0.1) is 0 Å². The van der Waals surface area contributed by atoms with Gasteiger partial charge in [0.15, 0.2) is 0 Å². The second-order valence-corrected chi connectivity index (χ2v) is 5.96. The number of hydrogen-bond donors (Lipinski definition) is 1. The first-order valence-corrected chi connectivity index (χ1v) is 6.24. The molecule has 0 aromatic rings. The number of aliphatic hydroxyl groups is 1. The molecule has 1 N–H and O–H groups in total. The highest BCUT2D eigenvalue weighted by molar-refractivity contribution is 5.79. The third-order valence-corrected chi connectivity index (χ3v) is 3.89. The highest BCUT2D eigenvalue weighted by Gasteiger charge is 2.36. The quantitative estimate of drug-likeness (QED) is 0.800. The van der Waals surface area contributed by atoms with Gasteiger partial charge in [-0.05, 0) is 26.2 Å².